The number of hydrogen-bond donors (Lipinski definition) is 0. The maximum absolute atomic E-state index is 12.0. The van der Waals surface area contributed by atoms with Crippen LogP contribution in [0.25, 0.3) is 0 Å². The van der Waals surface area contributed by atoms with E-state index in [0.717, 1.165) is 0 Å². The first-order valence-electron chi connectivity index (χ1n) is 2.81. The molecule has 58 valence electrons. The maximum atomic E-state index is 12.0. The molecule has 0 unspecified atom stereocenters. The summed E-state index contributed by atoms with van der Waals surface area (Å²) in [5.74, 6) is 0.349. The lowest BCUT2D eigenvalue weighted by Crippen LogP contribution is -1.95. The Labute approximate surface area is 73.7 Å². The third kappa shape index (κ3) is 2.82. The van der Waals surface area contributed by atoms with Crippen molar-refractivity contribution in [2.24, 2.45) is 0 Å². The van der Waals surface area contributed by atoms with Gasteiger partial charge in [-0.2, -0.15) is 4.39 Å². The summed E-state index contributed by atoms with van der Waals surface area (Å²) in [5.41, 5.74) is 0. The highest BCUT2D eigenvalue weighted by Crippen LogP contribution is 2.15. The van der Waals surface area contributed by atoms with Crippen LogP contribution in [0.4, 0.5) is 4.39 Å². The zero-order chi connectivity index (χ0) is 8.27. The van der Waals surface area contributed by atoms with Gasteiger partial charge in [-0.1, -0.05) is 11.6 Å². The van der Waals surface area contributed by atoms with Gasteiger partial charge in [-0.3, -0.25) is 0 Å². The van der Waals surface area contributed by atoms with Crippen LogP contribution in [0.1, 0.15) is 0 Å². The lowest BCUT2D eigenvalue weighted by Gasteiger charge is -1.98. The molecule has 0 fully saturated rings. The summed E-state index contributed by atoms with van der Waals surface area (Å²) in [4.78, 5) is 0. The Kier molecular flexibility index (Phi) is 2.79. The lowest BCUT2D eigenvalue weighted by molar-refractivity contribution is 0.483. The van der Waals surface area contributed by atoms with Gasteiger partial charge in [0.25, 0.3) is 0 Å². The number of halogens is 2. The smallest absolute Gasteiger partial charge is 0.347 e. The summed E-state index contributed by atoms with van der Waals surface area (Å²) < 4.78 is 16.4. The van der Waals surface area contributed by atoms with E-state index in [1.54, 1.807) is 12.1 Å². The standard InChI is InChI=1S/C7H4ClFOS/c8-5-1-3-6(4-2-5)10-7(9)11/h1-4H. The molecule has 1 aromatic rings. The Morgan fingerprint density at radius 2 is 1.91 bits per heavy atom. The molecule has 0 atom stereocenters. The van der Waals surface area contributed by atoms with Crippen LogP contribution < -0.4 is 4.74 Å². The van der Waals surface area contributed by atoms with Crippen molar-refractivity contribution in [3.8, 4) is 5.75 Å². The van der Waals surface area contributed by atoms with Crippen molar-refractivity contribution >= 4 is 29.1 Å². The highest BCUT2D eigenvalue weighted by molar-refractivity contribution is 7.79. The van der Waals surface area contributed by atoms with E-state index in [4.69, 9.17) is 11.6 Å². The fourth-order valence-corrected chi connectivity index (χ4v) is 0.818. The van der Waals surface area contributed by atoms with E-state index in [1.807, 2.05) is 0 Å². The van der Waals surface area contributed by atoms with Gasteiger partial charge in [-0.15, -0.1) is 0 Å². The third-order valence-corrected chi connectivity index (χ3v) is 1.35. The summed E-state index contributed by atoms with van der Waals surface area (Å²) in [6, 6.07) is 6.26. The molecule has 0 amide bonds. The number of hydrogen-bond acceptors (Lipinski definition) is 2. The van der Waals surface area contributed by atoms with Gasteiger partial charge in [-0.25, -0.2) is 0 Å². The van der Waals surface area contributed by atoms with Gasteiger partial charge < -0.3 is 4.74 Å². The topological polar surface area (TPSA) is 9.23 Å². The fourth-order valence-electron chi connectivity index (χ4n) is 0.595. The molecule has 0 radical (unpaired) electrons. The monoisotopic (exact) mass is 190 g/mol. The van der Waals surface area contributed by atoms with Gasteiger partial charge in [0.2, 0.25) is 0 Å². The van der Waals surface area contributed by atoms with Crippen molar-refractivity contribution in [2.75, 3.05) is 0 Å². The van der Waals surface area contributed by atoms with Crippen LogP contribution >= 0.6 is 23.8 Å². The van der Waals surface area contributed by atoms with Crippen LogP contribution in [-0.4, -0.2) is 5.30 Å². The molecule has 0 aliphatic carbocycles. The molecule has 1 aromatic carbocycles. The van der Waals surface area contributed by atoms with Gasteiger partial charge >= 0.3 is 5.30 Å². The molecular weight excluding hydrogens is 187 g/mol. The van der Waals surface area contributed by atoms with Crippen LogP contribution in [-0.2, 0) is 0 Å². The van der Waals surface area contributed by atoms with Crippen molar-refractivity contribution < 1.29 is 9.13 Å². The number of benzene rings is 1. The Balaban J connectivity index is 2.74. The molecule has 1 rings (SSSR count). The van der Waals surface area contributed by atoms with Crippen LogP contribution in [0.5, 0.6) is 5.75 Å². The summed E-state index contributed by atoms with van der Waals surface area (Å²) in [7, 11) is 0. The van der Waals surface area contributed by atoms with Gasteiger partial charge in [0.05, 0.1) is 0 Å². The Hall–Kier alpha value is -0.670. The summed E-state index contributed by atoms with van der Waals surface area (Å²) >= 11 is 9.65. The molecule has 11 heavy (non-hydrogen) atoms. The Morgan fingerprint density at radius 1 is 1.36 bits per heavy atom. The molecule has 0 aliphatic rings. The van der Waals surface area contributed by atoms with Crippen molar-refractivity contribution in [2.45, 2.75) is 0 Å². The SMILES string of the molecule is FC(=S)Oc1ccc(Cl)cc1. The van der Waals surface area contributed by atoms with Crippen LogP contribution in [0.3, 0.4) is 0 Å². The average Bonchev–Trinajstić information content (AvgIpc) is 1.93. The minimum absolute atomic E-state index is 0.349. The molecule has 0 aliphatic heterocycles. The molecule has 0 N–H and O–H groups in total. The molecule has 0 bridgehead atoms. The molecule has 0 heterocycles. The minimum Gasteiger partial charge on any atom is -0.423 e. The Morgan fingerprint density at radius 3 is 2.36 bits per heavy atom. The van der Waals surface area contributed by atoms with Crippen LogP contribution in [0.2, 0.25) is 5.02 Å². The predicted molar refractivity (Wildman–Crippen MR) is 45.8 cm³/mol. The maximum Gasteiger partial charge on any atom is 0.347 e. The number of rotatable bonds is 1. The van der Waals surface area contributed by atoms with Crippen molar-refractivity contribution in [3.63, 3.8) is 0 Å². The second-order valence-electron chi connectivity index (χ2n) is 1.79. The molecule has 0 spiro atoms. The summed E-state index contributed by atoms with van der Waals surface area (Å²) in [6.45, 7) is 0. The van der Waals surface area contributed by atoms with Crippen molar-refractivity contribution in [1.29, 1.82) is 0 Å². The largest absolute Gasteiger partial charge is 0.423 e. The van der Waals surface area contributed by atoms with E-state index < -0.39 is 5.30 Å². The van der Waals surface area contributed by atoms with E-state index in [-0.39, 0.29) is 0 Å². The molecule has 0 saturated carbocycles. The van der Waals surface area contributed by atoms with E-state index in [1.165, 1.54) is 12.1 Å². The fraction of sp³-hybridized carbons (Fsp3) is 0. The van der Waals surface area contributed by atoms with Crippen LogP contribution in [0.15, 0.2) is 24.3 Å². The minimum atomic E-state index is -0.993. The number of ether oxygens (including phenoxy) is 1. The second-order valence-corrected chi connectivity index (χ2v) is 2.55. The van der Waals surface area contributed by atoms with E-state index in [2.05, 4.69) is 17.0 Å². The first-order chi connectivity index (χ1) is 5.18. The van der Waals surface area contributed by atoms with E-state index >= 15 is 0 Å². The lowest BCUT2D eigenvalue weighted by atomic mass is 10.3. The van der Waals surface area contributed by atoms with Crippen molar-refractivity contribution in [3.05, 3.63) is 29.3 Å². The molecule has 1 nitrogen and oxygen atoms in total. The molecule has 0 aromatic heterocycles. The second kappa shape index (κ2) is 3.64. The van der Waals surface area contributed by atoms with E-state index in [0.29, 0.717) is 10.8 Å². The molecule has 4 heteroatoms. The summed E-state index contributed by atoms with van der Waals surface area (Å²) in [5, 5.41) is -0.422. The number of thiocarbonyl (C=S) groups is 1. The van der Waals surface area contributed by atoms with Gasteiger partial charge in [0, 0.05) is 5.02 Å². The molecule has 0 saturated heterocycles. The highest BCUT2D eigenvalue weighted by atomic mass is 35.5. The van der Waals surface area contributed by atoms with Gasteiger partial charge in [0.15, 0.2) is 0 Å². The average molecular weight is 191 g/mol. The quantitative estimate of drug-likeness (QED) is 0.498. The highest BCUT2D eigenvalue weighted by Gasteiger charge is 1.96. The third-order valence-electron chi connectivity index (χ3n) is 1.01. The first-order valence-corrected chi connectivity index (χ1v) is 3.60. The van der Waals surface area contributed by atoms with E-state index in [9.17, 15) is 4.39 Å². The zero-order valence-corrected chi connectivity index (χ0v) is 6.95. The van der Waals surface area contributed by atoms with Gasteiger partial charge in [0.1, 0.15) is 5.75 Å². The molecular formula is C7H4ClFOS. The van der Waals surface area contributed by atoms with Crippen molar-refractivity contribution in [1.82, 2.24) is 0 Å². The predicted octanol–water partition coefficient (Wildman–Crippen LogP) is 2.97. The van der Waals surface area contributed by atoms with Gasteiger partial charge in [-0.05, 0) is 36.5 Å². The normalized spacial score (nSPS) is 9.27. The zero-order valence-electron chi connectivity index (χ0n) is 5.38. The first kappa shape index (κ1) is 8.43. The Bertz CT molecular complexity index is 260. The summed E-state index contributed by atoms with van der Waals surface area (Å²) in [6.07, 6.45) is 0. The van der Waals surface area contributed by atoms with Crippen LogP contribution in [0, 0.1) is 0 Å².